The topological polar surface area (TPSA) is 61.4 Å². The van der Waals surface area contributed by atoms with Crippen LogP contribution >= 0.6 is 0 Å². The summed E-state index contributed by atoms with van der Waals surface area (Å²) in [4.78, 5) is 24.1. The van der Waals surface area contributed by atoms with Crippen LogP contribution in [0.4, 0.5) is 4.79 Å². The average Bonchev–Trinajstić information content (AvgIpc) is 2.17. The highest BCUT2D eigenvalue weighted by Crippen LogP contribution is 1.96. The largest absolute Gasteiger partial charge is 0.353 e. The molecule has 0 aliphatic carbocycles. The fraction of sp³-hybridized carbons (Fsp3) is 0.778. The maximum Gasteiger partial charge on any atom is 0.318 e. The van der Waals surface area contributed by atoms with Crippen molar-refractivity contribution in [2.24, 2.45) is 0 Å². The fourth-order valence-corrected chi connectivity index (χ4v) is 1.22. The van der Waals surface area contributed by atoms with Gasteiger partial charge in [0.25, 0.3) is 0 Å². The number of hydrogen-bond donors (Lipinski definition) is 2. The quantitative estimate of drug-likeness (QED) is 0.653. The van der Waals surface area contributed by atoms with Crippen LogP contribution in [0.25, 0.3) is 0 Å². The standard InChI is InChI=1S/C9H17N3O2/c1-3-7(2)11-9(14)12-5-4-10-8(13)6-12/h7H,3-6H2,1-2H3,(H,10,13)(H,11,14). The number of piperazine rings is 1. The molecule has 0 radical (unpaired) electrons. The lowest BCUT2D eigenvalue weighted by Gasteiger charge is -2.28. The maximum absolute atomic E-state index is 11.5. The van der Waals surface area contributed by atoms with Gasteiger partial charge < -0.3 is 15.5 Å². The van der Waals surface area contributed by atoms with Crippen LogP contribution in [-0.2, 0) is 4.79 Å². The predicted octanol–water partition coefficient (Wildman–Crippen LogP) is -0.0737. The predicted molar refractivity (Wildman–Crippen MR) is 52.9 cm³/mol. The van der Waals surface area contributed by atoms with Gasteiger partial charge in [0.15, 0.2) is 0 Å². The summed E-state index contributed by atoms with van der Waals surface area (Å²) in [5.41, 5.74) is 0. The van der Waals surface area contributed by atoms with Gasteiger partial charge in [-0.15, -0.1) is 0 Å². The highest BCUT2D eigenvalue weighted by molar-refractivity contribution is 5.85. The van der Waals surface area contributed by atoms with Gasteiger partial charge in [0.2, 0.25) is 5.91 Å². The Labute approximate surface area is 83.8 Å². The van der Waals surface area contributed by atoms with Crippen molar-refractivity contribution < 1.29 is 9.59 Å². The van der Waals surface area contributed by atoms with Gasteiger partial charge in [0.05, 0.1) is 0 Å². The zero-order valence-electron chi connectivity index (χ0n) is 8.67. The summed E-state index contributed by atoms with van der Waals surface area (Å²) < 4.78 is 0. The summed E-state index contributed by atoms with van der Waals surface area (Å²) in [6.07, 6.45) is 0.895. The van der Waals surface area contributed by atoms with Crippen LogP contribution in [0, 0.1) is 0 Å². The summed E-state index contributed by atoms with van der Waals surface area (Å²) in [5, 5.41) is 5.50. The smallest absolute Gasteiger partial charge is 0.318 e. The Morgan fingerprint density at radius 2 is 2.43 bits per heavy atom. The van der Waals surface area contributed by atoms with Crippen molar-refractivity contribution in [3.8, 4) is 0 Å². The minimum atomic E-state index is -0.144. The third-order valence-corrected chi connectivity index (χ3v) is 2.31. The number of amides is 3. The van der Waals surface area contributed by atoms with E-state index < -0.39 is 0 Å². The highest BCUT2D eigenvalue weighted by Gasteiger charge is 2.21. The molecular weight excluding hydrogens is 182 g/mol. The Hall–Kier alpha value is -1.26. The van der Waals surface area contributed by atoms with Gasteiger partial charge in [-0.05, 0) is 13.3 Å². The molecule has 3 amide bonds. The molecule has 1 atom stereocenters. The second-order valence-electron chi connectivity index (χ2n) is 3.53. The van der Waals surface area contributed by atoms with Gasteiger partial charge >= 0.3 is 6.03 Å². The van der Waals surface area contributed by atoms with Crippen LogP contribution in [0.1, 0.15) is 20.3 Å². The van der Waals surface area contributed by atoms with E-state index in [2.05, 4.69) is 10.6 Å². The summed E-state index contributed by atoms with van der Waals surface area (Å²) in [7, 11) is 0. The van der Waals surface area contributed by atoms with Crippen molar-refractivity contribution in [1.82, 2.24) is 15.5 Å². The molecule has 0 saturated carbocycles. The van der Waals surface area contributed by atoms with E-state index in [0.29, 0.717) is 13.1 Å². The Balaban J connectivity index is 2.39. The number of carbonyl (C=O) groups excluding carboxylic acids is 2. The Morgan fingerprint density at radius 1 is 1.71 bits per heavy atom. The molecule has 0 spiro atoms. The monoisotopic (exact) mass is 199 g/mol. The molecule has 80 valence electrons. The van der Waals surface area contributed by atoms with E-state index in [4.69, 9.17) is 0 Å². The molecule has 5 nitrogen and oxygen atoms in total. The molecule has 1 aliphatic rings. The first-order valence-corrected chi connectivity index (χ1v) is 4.95. The molecule has 1 aliphatic heterocycles. The van der Waals surface area contributed by atoms with E-state index in [9.17, 15) is 9.59 Å². The third-order valence-electron chi connectivity index (χ3n) is 2.31. The molecule has 5 heteroatoms. The number of hydrogen-bond acceptors (Lipinski definition) is 2. The van der Waals surface area contributed by atoms with Crippen molar-refractivity contribution in [3.05, 3.63) is 0 Å². The molecule has 1 unspecified atom stereocenters. The first-order chi connectivity index (χ1) is 6.63. The summed E-state index contributed by atoms with van der Waals surface area (Å²) in [6, 6.07) is 0.0155. The summed E-state index contributed by atoms with van der Waals surface area (Å²) in [6.45, 7) is 5.26. The SMILES string of the molecule is CCC(C)NC(=O)N1CCNC(=O)C1. The van der Waals surface area contributed by atoms with Crippen LogP contribution in [-0.4, -0.2) is 42.5 Å². The van der Waals surface area contributed by atoms with Crippen LogP contribution in [0.2, 0.25) is 0 Å². The first-order valence-electron chi connectivity index (χ1n) is 4.95. The Morgan fingerprint density at radius 3 is 3.00 bits per heavy atom. The van der Waals surface area contributed by atoms with Crippen LogP contribution in [0.15, 0.2) is 0 Å². The Bertz CT molecular complexity index is 230. The molecule has 0 aromatic rings. The minimum absolute atomic E-state index is 0.0875. The van der Waals surface area contributed by atoms with Crippen molar-refractivity contribution in [2.45, 2.75) is 26.3 Å². The molecule has 0 aromatic carbocycles. The number of nitrogens with zero attached hydrogens (tertiary/aromatic N) is 1. The van der Waals surface area contributed by atoms with Crippen LogP contribution < -0.4 is 10.6 Å². The van der Waals surface area contributed by atoms with Crippen molar-refractivity contribution >= 4 is 11.9 Å². The summed E-state index contributed by atoms with van der Waals surface area (Å²) in [5.74, 6) is -0.0875. The lowest BCUT2D eigenvalue weighted by molar-refractivity contribution is -0.123. The number of nitrogens with one attached hydrogen (secondary N) is 2. The van der Waals surface area contributed by atoms with E-state index in [1.165, 1.54) is 4.90 Å². The fourth-order valence-electron chi connectivity index (χ4n) is 1.22. The van der Waals surface area contributed by atoms with Crippen molar-refractivity contribution in [1.29, 1.82) is 0 Å². The maximum atomic E-state index is 11.5. The lowest BCUT2D eigenvalue weighted by Crippen LogP contribution is -2.54. The molecule has 0 aromatic heterocycles. The number of rotatable bonds is 2. The zero-order chi connectivity index (χ0) is 10.6. The van der Waals surface area contributed by atoms with Crippen LogP contribution in [0.3, 0.4) is 0 Å². The van der Waals surface area contributed by atoms with E-state index in [1.807, 2.05) is 13.8 Å². The zero-order valence-corrected chi connectivity index (χ0v) is 8.67. The molecule has 14 heavy (non-hydrogen) atoms. The average molecular weight is 199 g/mol. The van der Waals surface area contributed by atoms with Gasteiger partial charge in [-0.2, -0.15) is 0 Å². The van der Waals surface area contributed by atoms with Crippen molar-refractivity contribution in [3.63, 3.8) is 0 Å². The minimum Gasteiger partial charge on any atom is -0.353 e. The molecule has 0 bridgehead atoms. The van der Waals surface area contributed by atoms with Crippen LogP contribution in [0.5, 0.6) is 0 Å². The highest BCUT2D eigenvalue weighted by atomic mass is 16.2. The number of urea groups is 1. The molecule has 1 rings (SSSR count). The van der Waals surface area contributed by atoms with Gasteiger partial charge in [-0.3, -0.25) is 4.79 Å². The first kappa shape index (κ1) is 10.8. The normalized spacial score (nSPS) is 18.7. The van der Waals surface area contributed by atoms with E-state index in [-0.39, 0.29) is 24.5 Å². The molecular formula is C9H17N3O2. The molecule has 1 heterocycles. The third kappa shape index (κ3) is 2.90. The van der Waals surface area contributed by atoms with E-state index >= 15 is 0 Å². The van der Waals surface area contributed by atoms with E-state index in [1.54, 1.807) is 0 Å². The number of carbonyl (C=O) groups is 2. The second-order valence-corrected chi connectivity index (χ2v) is 3.53. The van der Waals surface area contributed by atoms with Gasteiger partial charge in [-0.1, -0.05) is 6.92 Å². The summed E-state index contributed by atoms with van der Waals surface area (Å²) >= 11 is 0. The molecule has 2 N–H and O–H groups in total. The van der Waals surface area contributed by atoms with Gasteiger partial charge in [0, 0.05) is 19.1 Å². The molecule has 1 fully saturated rings. The Kier molecular flexibility index (Phi) is 3.73. The van der Waals surface area contributed by atoms with E-state index in [0.717, 1.165) is 6.42 Å². The lowest BCUT2D eigenvalue weighted by atomic mass is 10.2. The van der Waals surface area contributed by atoms with Gasteiger partial charge in [0.1, 0.15) is 6.54 Å². The molecule has 1 saturated heterocycles. The second kappa shape index (κ2) is 4.83. The van der Waals surface area contributed by atoms with Gasteiger partial charge in [-0.25, -0.2) is 4.79 Å². The van der Waals surface area contributed by atoms with Crippen molar-refractivity contribution in [2.75, 3.05) is 19.6 Å².